The second kappa shape index (κ2) is 6.59. The van der Waals surface area contributed by atoms with Gasteiger partial charge in [-0.1, -0.05) is 37.1 Å². The standard InChI is InChI=1S/C16H23ClN2O/c1-3-9-16(10-4-11-18-16)15(20)19-12(2)13-5-7-14(17)8-6-13/h5-8,12,18H,3-4,9-11H2,1-2H3,(H,19,20)/t12-,16?/m1/s1. The SMILES string of the molecule is CCCC1(C(=O)N[C@H](C)c2ccc(Cl)cc2)CCCN1. The summed E-state index contributed by atoms with van der Waals surface area (Å²) in [7, 11) is 0. The van der Waals surface area contributed by atoms with Crippen molar-refractivity contribution in [3.8, 4) is 0 Å². The zero-order valence-corrected chi connectivity index (χ0v) is 13.0. The number of nitrogens with one attached hydrogen (secondary N) is 2. The molecule has 0 spiro atoms. The summed E-state index contributed by atoms with van der Waals surface area (Å²) in [5.41, 5.74) is 0.711. The maximum atomic E-state index is 12.6. The van der Waals surface area contributed by atoms with Crippen molar-refractivity contribution >= 4 is 17.5 Å². The van der Waals surface area contributed by atoms with Gasteiger partial charge < -0.3 is 10.6 Å². The number of carbonyl (C=O) groups is 1. The van der Waals surface area contributed by atoms with Crippen LogP contribution in [0.25, 0.3) is 0 Å². The molecule has 20 heavy (non-hydrogen) atoms. The van der Waals surface area contributed by atoms with Crippen LogP contribution in [0.1, 0.15) is 51.1 Å². The molecule has 0 radical (unpaired) electrons. The average Bonchev–Trinajstić information content (AvgIpc) is 2.89. The van der Waals surface area contributed by atoms with E-state index in [2.05, 4.69) is 17.6 Å². The molecule has 4 heteroatoms. The molecule has 1 saturated heterocycles. The molecule has 1 aromatic carbocycles. The molecule has 3 nitrogen and oxygen atoms in total. The summed E-state index contributed by atoms with van der Waals surface area (Å²) in [6, 6.07) is 7.63. The first-order chi connectivity index (χ1) is 9.57. The fraction of sp³-hybridized carbons (Fsp3) is 0.562. The van der Waals surface area contributed by atoms with Gasteiger partial charge in [0.25, 0.3) is 0 Å². The van der Waals surface area contributed by atoms with Gasteiger partial charge in [0.2, 0.25) is 5.91 Å². The third kappa shape index (κ3) is 3.33. The van der Waals surface area contributed by atoms with Crippen LogP contribution in [0.4, 0.5) is 0 Å². The number of carbonyl (C=O) groups excluding carboxylic acids is 1. The Kier molecular flexibility index (Phi) is 5.06. The summed E-state index contributed by atoms with van der Waals surface area (Å²) in [5, 5.41) is 7.26. The predicted molar refractivity (Wildman–Crippen MR) is 82.9 cm³/mol. The predicted octanol–water partition coefficient (Wildman–Crippen LogP) is 3.44. The second-order valence-electron chi connectivity index (χ2n) is 5.61. The van der Waals surface area contributed by atoms with Crippen LogP contribution in [0.2, 0.25) is 5.02 Å². The van der Waals surface area contributed by atoms with Crippen LogP contribution in [0, 0.1) is 0 Å². The highest BCUT2D eigenvalue weighted by atomic mass is 35.5. The van der Waals surface area contributed by atoms with Gasteiger partial charge in [-0.2, -0.15) is 0 Å². The number of hydrogen-bond acceptors (Lipinski definition) is 2. The molecule has 0 aromatic heterocycles. The van der Waals surface area contributed by atoms with Gasteiger partial charge in [0.05, 0.1) is 11.6 Å². The Labute approximate surface area is 126 Å². The molecule has 1 fully saturated rings. The Morgan fingerprint density at radius 1 is 1.45 bits per heavy atom. The van der Waals surface area contributed by atoms with Crippen molar-refractivity contribution in [1.82, 2.24) is 10.6 Å². The minimum atomic E-state index is -0.366. The molecular formula is C16H23ClN2O. The molecule has 1 aliphatic heterocycles. The van der Waals surface area contributed by atoms with Crippen LogP contribution < -0.4 is 10.6 Å². The van der Waals surface area contributed by atoms with E-state index in [9.17, 15) is 4.79 Å². The number of rotatable bonds is 5. The smallest absolute Gasteiger partial charge is 0.240 e. The minimum Gasteiger partial charge on any atom is -0.348 e. The van der Waals surface area contributed by atoms with Crippen LogP contribution in [0.5, 0.6) is 0 Å². The lowest BCUT2D eigenvalue weighted by Crippen LogP contribution is -2.53. The molecule has 0 bridgehead atoms. The van der Waals surface area contributed by atoms with Crippen molar-refractivity contribution in [3.63, 3.8) is 0 Å². The van der Waals surface area contributed by atoms with E-state index in [0.29, 0.717) is 5.02 Å². The molecular weight excluding hydrogens is 272 g/mol. The monoisotopic (exact) mass is 294 g/mol. The molecule has 2 rings (SSSR count). The molecule has 1 amide bonds. The van der Waals surface area contributed by atoms with E-state index in [1.165, 1.54) is 0 Å². The summed E-state index contributed by atoms with van der Waals surface area (Å²) >= 11 is 5.89. The van der Waals surface area contributed by atoms with Gasteiger partial charge >= 0.3 is 0 Å². The summed E-state index contributed by atoms with van der Waals surface area (Å²) in [6.45, 7) is 5.07. The Bertz CT molecular complexity index is 452. The first-order valence-corrected chi connectivity index (χ1v) is 7.76. The first kappa shape index (κ1) is 15.3. The number of benzene rings is 1. The molecule has 0 aliphatic carbocycles. The average molecular weight is 295 g/mol. The molecule has 110 valence electrons. The topological polar surface area (TPSA) is 41.1 Å². The zero-order chi connectivity index (χ0) is 14.6. The van der Waals surface area contributed by atoms with Gasteiger partial charge in [0, 0.05) is 5.02 Å². The zero-order valence-electron chi connectivity index (χ0n) is 12.2. The lowest BCUT2D eigenvalue weighted by atomic mass is 9.90. The Morgan fingerprint density at radius 3 is 2.70 bits per heavy atom. The van der Waals surface area contributed by atoms with Crippen molar-refractivity contribution in [3.05, 3.63) is 34.9 Å². The van der Waals surface area contributed by atoms with Crippen molar-refractivity contribution in [2.45, 2.75) is 51.1 Å². The van der Waals surface area contributed by atoms with E-state index in [0.717, 1.165) is 37.8 Å². The van der Waals surface area contributed by atoms with Crippen LogP contribution >= 0.6 is 11.6 Å². The Hall–Kier alpha value is -1.06. The number of amides is 1. The Morgan fingerprint density at radius 2 is 2.15 bits per heavy atom. The summed E-state index contributed by atoms with van der Waals surface area (Å²) < 4.78 is 0. The highest BCUT2D eigenvalue weighted by Crippen LogP contribution is 2.26. The van der Waals surface area contributed by atoms with E-state index < -0.39 is 0 Å². The summed E-state index contributed by atoms with van der Waals surface area (Å²) in [5.74, 6) is 0.124. The Balaban J connectivity index is 2.04. The van der Waals surface area contributed by atoms with Crippen LogP contribution in [0.3, 0.4) is 0 Å². The van der Waals surface area contributed by atoms with Crippen molar-refractivity contribution in [2.24, 2.45) is 0 Å². The largest absolute Gasteiger partial charge is 0.348 e. The fourth-order valence-electron chi connectivity index (χ4n) is 2.92. The molecule has 2 atom stereocenters. The van der Waals surface area contributed by atoms with E-state index in [1.807, 2.05) is 31.2 Å². The molecule has 1 aromatic rings. The summed E-state index contributed by atoms with van der Waals surface area (Å²) in [4.78, 5) is 12.6. The van der Waals surface area contributed by atoms with Crippen LogP contribution in [-0.2, 0) is 4.79 Å². The maximum Gasteiger partial charge on any atom is 0.240 e. The number of hydrogen-bond donors (Lipinski definition) is 2. The van der Waals surface area contributed by atoms with E-state index in [4.69, 9.17) is 11.6 Å². The highest BCUT2D eigenvalue weighted by Gasteiger charge is 2.40. The van der Waals surface area contributed by atoms with Gasteiger partial charge in [-0.05, 0) is 50.4 Å². The molecule has 1 heterocycles. The normalized spacial score (nSPS) is 23.6. The minimum absolute atomic E-state index is 0.00380. The third-order valence-corrected chi connectivity index (χ3v) is 4.32. The fourth-order valence-corrected chi connectivity index (χ4v) is 3.05. The van der Waals surface area contributed by atoms with Crippen LogP contribution in [0.15, 0.2) is 24.3 Å². The summed E-state index contributed by atoms with van der Waals surface area (Å²) in [6.07, 6.45) is 3.91. The lowest BCUT2D eigenvalue weighted by molar-refractivity contribution is -0.128. The van der Waals surface area contributed by atoms with Crippen LogP contribution in [-0.4, -0.2) is 18.0 Å². The number of halogens is 1. The van der Waals surface area contributed by atoms with Gasteiger partial charge in [-0.15, -0.1) is 0 Å². The van der Waals surface area contributed by atoms with E-state index in [-0.39, 0.29) is 17.5 Å². The van der Waals surface area contributed by atoms with E-state index in [1.54, 1.807) is 0 Å². The van der Waals surface area contributed by atoms with Gasteiger partial charge in [0.1, 0.15) is 0 Å². The highest BCUT2D eigenvalue weighted by molar-refractivity contribution is 6.30. The molecule has 0 saturated carbocycles. The van der Waals surface area contributed by atoms with Crippen molar-refractivity contribution in [2.75, 3.05) is 6.54 Å². The quantitative estimate of drug-likeness (QED) is 0.873. The van der Waals surface area contributed by atoms with Gasteiger partial charge in [-0.3, -0.25) is 4.79 Å². The van der Waals surface area contributed by atoms with Crippen molar-refractivity contribution < 1.29 is 4.79 Å². The van der Waals surface area contributed by atoms with E-state index >= 15 is 0 Å². The molecule has 1 aliphatic rings. The lowest BCUT2D eigenvalue weighted by Gasteiger charge is -2.29. The molecule has 2 N–H and O–H groups in total. The maximum absolute atomic E-state index is 12.6. The second-order valence-corrected chi connectivity index (χ2v) is 6.05. The molecule has 1 unspecified atom stereocenters. The van der Waals surface area contributed by atoms with Crippen molar-refractivity contribution in [1.29, 1.82) is 0 Å². The third-order valence-electron chi connectivity index (χ3n) is 4.07. The van der Waals surface area contributed by atoms with Gasteiger partial charge in [0.15, 0.2) is 0 Å². The first-order valence-electron chi connectivity index (χ1n) is 7.39. The van der Waals surface area contributed by atoms with Gasteiger partial charge in [-0.25, -0.2) is 0 Å².